The van der Waals surface area contributed by atoms with Gasteiger partial charge in [-0.2, -0.15) is 9.61 Å². The van der Waals surface area contributed by atoms with Gasteiger partial charge in [0.25, 0.3) is 0 Å². The molecule has 3 aromatic rings. The van der Waals surface area contributed by atoms with Crippen molar-refractivity contribution >= 4 is 23.3 Å². The van der Waals surface area contributed by atoms with Gasteiger partial charge in [0, 0.05) is 32.7 Å². The van der Waals surface area contributed by atoms with Crippen LogP contribution in [0.15, 0.2) is 35.4 Å². The summed E-state index contributed by atoms with van der Waals surface area (Å²) in [4.78, 5) is 16.9. The molecule has 2 aromatic heterocycles. The fourth-order valence-corrected chi connectivity index (χ4v) is 4.39. The minimum absolute atomic E-state index is 0.144. The number of ether oxygens (including phenoxy) is 2. The van der Waals surface area contributed by atoms with Gasteiger partial charge in [-0.25, -0.2) is 0 Å². The van der Waals surface area contributed by atoms with Gasteiger partial charge in [0.1, 0.15) is 5.03 Å². The summed E-state index contributed by atoms with van der Waals surface area (Å²) >= 11 is 1.45. The average Bonchev–Trinajstić information content (AvgIpc) is 3.39. The maximum absolute atomic E-state index is 12.6. The maximum atomic E-state index is 12.6. The molecule has 156 valence electrons. The monoisotopic (exact) mass is 426 g/mol. The molecule has 0 N–H and O–H groups in total. The second-order valence-corrected chi connectivity index (χ2v) is 8.32. The molecule has 10 heteroatoms. The van der Waals surface area contributed by atoms with Crippen molar-refractivity contribution in [1.82, 2.24) is 29.6 Å². The first-order chi connectivity index (χ1) is 14.7. The Hall–Kier alpha value is -2.85. The van der Waals surface area contributed by atoms with Gasteiger partial charge in [0.2, 0.25) is 12.7 Å². The first-order valence-corrected chi connectivity index (χ1v) is 10.8. The van der Waals surface area contributed by atoms with Crippen LogP contribution in [-0.2, 0) is 11.3 Å². The minimum Gasteiger partial charge on any atom is -0.454 e. The molecule has 9 nitrogen and oxygen atoms in total. The second-order valence-electron chi connectivity index (χ2n) is 7.32. The molecule has 1 aromatic carbocycles. The number of amides is 1. The molecule has 5 rings (SSSR count). The number of carbonyl (C=O) groups excluding carboxylic acids is 1. The largest absolute Gasteiger partial charge is 0.454 e. The molecule has 0 atom stereocenters. The number of nitrogens with zero attached hydrogens (tertiary/aromatic N) is 6. The van der Waals surface area contributed by atoms with E-state index in [-0.39, 0.29) is 5.91 Å². The molecule has 0 radical (unpaired) electrons. The third-order valence-corrected chi connectivity index (χ3v) is 6.21. The third kappa shape index (κ3) is 3.92. The molecule has 0 bridgehead atoms. The summed E-state index contributed by atoms with van der Waals surface area (Å²) in [6.07, 6.45) is 0. The predicted molar refractivity (Wildman–Crippen MR) is 111 cm³/mol. The highest BCUT2D eigenvalue weighted by Crippen LogP contribution is 2.32. The van der Waals surface area contributed by atoms with Gasteiger partial charge in [-0.15, -0.1) is 10.2 Å². The van der Waals surface area contributed by atoms with Gasteiger partial charge >= 0.3 is 0 Å². The van der Waals surface area contributed by atoms with Crippen molar-refractivity contribution in [1.29, 1.82) is 0 Å². The van der Waals surface area contributed by atoms with Gasteiger partial charge in [-0.1, -0.05) is 17.8 Å². The van der Waals surface area contributed by atoms with Crippen LogP contribution in [0.1, 0.15) is 11.4 Å². The Kier molecular flexibility index (Phi) is 5.17. The van der Waals surface area contributed by atoms with Crippen molar-refractivity contribution in [3.05, 3.63) is 41.7 Å². The van der Waals surface area contributed by atoms with E-state index in [0.717, 1.165) is 55.1 Å². The summed E-state index contributed by atoms with van der Waals surface area (Å²) < 4.78 is 12.5. The van der Waals surface area contributed by atoms with Crippen LogP contribution >= 0.6 is 11.8 Å². The van der Waals surface area contributed by atoms with Crippen molar-refractivity contribution < 1.29 is 14.3 Å². The van der Waals surface area contributed by atoms with Crippen molar-refractivity contribution in [3.63, 3.8) is 0 Å². The Balaban J connectivity index is 1.11. The van der Waals surface area contributed by atoms with E-state index in [0.29, 0.717) is 18.2 Å². The number of carbonyl (C=O) groups is 1. The lowest BCUT2D eigenvalue weighted by Gasteiger charge is -2.34. The van der Waals surface area contributed by atoms with Crippen molar-refractivity contribution in [3.8, 4) is 11.5 Å². The van der Waals surface area contributed by atoms with E-state index in [9.17, 15) is 4.79 Å². The minimum atomic E-state index is 0.144. The summed E-state index contributed by atoms with van der Waals surface area (Å²) in [6.45, 7) is 6.18. The Morgan fingerprint density at radius 2 is 1.90 bits per heavy atom. The maximum Gasteiger partial charge on any atom is 0.233 e. The lowest BCUT2D eigenvalue weighted by molar-refractivity contribution is -0.130. The zero-order valence-electron chi connectivity index (χ0n) is 16.7. The molecular formula is C20H22N6O3S. The van der Waals surface area contributed by atoms with E-state index < -0.39 is 0 Å². The summed E-state index contributed by atoms with van der Waals surface area (Å²) in [5.41, 5.74) is 1.90. The van der Waals surface area contributed by atoms with Crippen LogP contribution in [0.3, 0.4) is 0 Å². The highest BCUT2D eigenvalue weighted by Gasteiger charge is 2.22. The lowest BCUT2D eigenvalue weighted by Crippen LogP contribution is -2.48. The van der Waals surface area contributed by atoms with E-state index in [1.807, 2.05) is 36.1 Å². The number of aromatic nitrogens is 4. The smallest absolute Gasteiger partial charge is 0.233 e. The van der Waals surface area contributed by atoms with Gasteiger partial charge in [-0.3, -0.25) is 9.69 Å². The molecule has 4 heterocycles. The van der Waals surface area contributed by atoms with E-state index in [1.165, 1.54) is 17.3 Å². The highest BCUT2D eigenvalue weighted by atomic mass is 32.2. The summed E-state index contributed by atoms with van der Waals surface area (Å²) in [5.74, 6) is 2.87. The molecule has 2 aliphatic heterocycles. The fourth-order valence-electron chi connectivity index (χ4n) is 3.64. The number of aryl methyl sites for hydroxylation is 1. The summed E-state index contributed by atoms with van der Waals surface area (Å²) in [5, 5.41) is 13.3. The number of hydrogen-bond acceptors (Lipinski definition) is 8. The topological polar surface area (TPSA) is 85.1 Å². The molecule has 30 heavy (non-hydrogen) atoms. The molecule has 0 unspecified atom stereocenters. The first kappa shape index (κ1) is 19.1. The number of hydrogen-bond donors (Lipinski definition) is 0. The molecule has 0 aliphatic carbocycles. The quantitative estimate of drug-likeness (QED) is 0.569. The summed E-state index contributed by atoms with van der Waals surface area (Å²) in [7, 11) is 0. The van der Waals surface area contributed by atoms with Crippen LogP contribution in [-0.4, -0.2) is 74.2 Å². The van der Waals surface area contributed by atoms with Crippen LogP contribution < -0.4 is 9.47 Å². The first-order valence-electron chi connectivity index (χ1n) is 9.86. The third-order valence-electron chi connectivity index (χ3n) is 5.31. The molecule has 0 saturated carbocycles. The molecule has 2 aliphatic rings. The predicted octanol–water partition coefficient (Wildman–Crippen LogP) is 1.60. The Morgan fingerprint density at radius 1 is 1.07 bits per heavy atom. The zero-order valence-corrected chi connectivity index (χ0v) is 17.5. The standard InChI is InChI=1S/C20H22N6O3S/c1-14-21-22-18-4-5-19(23-26(14)18)30-12-20(27)25-8-6-24(7-9-25)11-15-2-3-16-17(10-15)29-13-28-16/h2-5,10H,6-9,11-13H2,1H3. The Bertz CT molecular complexity index is 1080. The van der Waals surface area contributed by atoms with Gasteiger partial charge in [-0.05, 0) is 36.8 Å². The van der Waals surface area contributed by atoms with Crippen molar-refractivity contribution in [2.24, 2.45) is 0 Å². The van der Waals surface area contributed by atoms with E-state index >= 15 is 0 Å². The molecule has 1 amide bonds. The van der Waals surface area contributed by atoms with Crippen LogP contribution in [0.4, 0.5) is 0 Å². The molecular weight excluding hydrogens is 404 g/mol. The van der Waals surface area contributed by atoms with Gasteiger partial charge < -0.3 is 14.4 Å². The number of rotatable bonds is 5. The van der Waals surface area contributed by atoms with Crippen LogP contribution in [0, 0.1) is 6.92 Å². The van der Waals surface area contributed by atoms with Gasteiger partial charge in [0.15, 0.2) is 23.0 Å². The number of benzene rings is 1. The van der Waals surface area contributed by atoms with Crippen LogP contribution in [0.5, 0.6) is 11.5 Å². The molecule has 1 saturated heterocycles. The van der Waals surface area contributed by atoms with E-state index in [4.69, 9.17) is 9.47 Å². The number of piperazine rings is 1. The van der Waals surface area contributed by atoms with Crippen molar-refractivity contribution in [2.45, 2.75) is 18.5 Å². The van der Waals surface area contributed by atoms with Gasteiger partial charge in [0.05, 0.1) is 5.75 Å². The Labute approximate surface area is 178 Å². The molecule has 1 fully saturated rings. The highest BCUT2D eigenvalue weighted by molar-refractivity contribution is 7.99. The SMILES string of the molecule is Cc1nnc2ccc(SCC(=O)N3CCN(Cc4ccc5c(c4)OCO5)CC3)nn12. The number of thioether (sulfide) groups is 1. The second kappa shape index (κ2) is 8.11. The van der Waals surface area contributed by atoms with Crippen LogP contribution in [0.2, 0.25) is 0 Å². The van der Waals surface area contributed by atoms with E-state index in [2.05, 4.69) is 26.3 Å². The average molecular weight is 427 g/mol. The van der Waals surface area contributed by atoms with Crippen LogP contribution in [0.25, 0.3) is 5.65 Å². The Morgan fingerprint density at radius 3 is 2.77 bits per heavy atom. The normalized spacial score (nSPS) is 16.4. The number of fused-ring (bicyclic) bond motifs is 2. The summed E-state index contributed by atoms with van der Waals surface area (Å²) in [6, 6.07) is 9.82. The fraction of sp³-hybridized carbons (Fsp3) is 0.400. The van der Waals surface area contributed by atoms with Crippen molar-refractivity contribution in [2.75, 3.05) is 38.7 Å². The zero-order chi connectivity index (χ0) is 20.5. The lowest BCUT2D eigenvalue weighted by atomic mass is 10.1. The van der Waals surface area contributed by atoms with E-state index in [1.54, 1.807) is 4.52 Å². The molecule has 0 spiro atoms.